The monoisotopic (exact) mass is 381 g/mol. The van der Waals surface area contributed by atoms with Crippen molar-refractivity contribution in [1.29, 1.82) is 0 Å². The average Bonchev–Trinajstić information content (AvgIpc) is 3.09. The van der Waals surface area contributed by atoms with Crippen LogP contribution in [0.1, 0.15) is 35.4 Å². The number of carboxylic acids is 1. The Balaban J connectivity index is 1.90. The van der Waals surface area contributed by atoms with Crippen molar-refractivity contribution in [1.82, 2.24) is 5.32 Å². The molecule has 0 saturated heterocycles. The van der Waals surface area contributed by atoms with E-state index >= 15 is 0 Å². The number of nitrogens with one attached hydrogen (secondary N) is 1. The molecule has 2 aromatic rings. The molecule has 0 saturated carbocycles. The van der Waals surface area contributed by atoms with Crippen LogP contribution in [0.3, 0.4) is 0 Å². The predicted octanol–water partition coefficient (Wildman–Crippen LogP) is 2.96. The minimum absolute atomic E-state index is 0.125. The highest BCUT2D eigenvalue weighted by Gasteiger charge is 2.21. The van der Waals surface area contributed by atoms with E-state index in [1.54, 1.807) is 18.2 Å². The topological polar surface area (TPSA) is 101 Å². The van der Waals surface area contributed by atoms with Crippen LogP contribution in [0.5, 0.6) is 0 Å². The molecule has 0 atom stereocenters. The lowest BCUT2D eigenvalue weighted by Crippen LogP contribution is -2.23. The third-order valence-corrected chi connectivity index (χ3v) is 6.82. The first-order valence-corrected chi connectivity index (χ1v) is 10.1. The number of thiophene rings is 1. The van der Waals surface area contributed by atoms with Crippen molar-refractivity contribution in [2.45, 2.75) is 34.8 Å². The van der Waals surface area contributed by atoms with Gasteiger partial charge in [0, 0.05) is 13.0 Å². The van der Waals surface area contributed by atoms with E-state index in [0.717, 1.165) is 11.3 Å². The second kappa shape index (κ2) is 8.77. The van der Waals surface area contributed by atoms with Crippen molar-refractivity contribution in [3.63, 3.8) is 0 Å². The Hall–Kier alpha value is -2.19. The molecule has 134 valence electrons. The van der Waals surface area contributed by atoms with Gasteiger partial charge in [-0.05, 0) is 37.1 Å². The van der Waals surface area contributed by atoms with E-state index in [4.69, 9.17) is 5.11 Å². The lowest BCUT2D eigenvalue weighted by Gasteiger charge is -2.03. The summed E-state index contributed by atoms with van der Waals surface area (Å²) < 4.78 is 25.1. The largest absolute Gasteiger partial charge is 0.481 e. The van der Waals surface area contributed by atoms with Gasteiger partial charge in [-0.3, -0.25) is 9.59 Å². The van der Waals surface area contributed by atoms with Crippen molar-refractivity contribution in [3.05, 3.63) is 47.3 Å². The lowest BCUT2D eigenvalue weighted by molar-refractivity contribution is -0.137. The zero-order valence-electron chi connectivity index (χ0n) is 13.5. The van der Waals surface area contributed by atoms with E-state index in [9.17, 15) is 18.0 Å². The number of amides is 1. The highest BCUT2D eigenvalue weighted by molar-refractivity contribution is 7.93. The Morgan fingerprint density at radius 1 is 1.00 bits per heavy atom. The summed E-state index contributed by atoms with van der Waals surface area (Å²) in [5.41, 5.74) is 0. The minimum atomic E-state index is -3.61. The van der Waals surface area contributed by atoms with Gasteiger partial charge in [0.05, 0.1) is 9.77 Å². The Labute approximate surface area is 150 Å². The molecular weight excluding hydrogens is 362 g/mol. The van der Waals surface area contributed by atoms with Crippen LogP contribution in [0.4, 0.5) is 0 Å². The SMILES string of the molecule is O=C(O)CCCCCNC(=O)c1ccc(S(=O)(=O)c2ccccc2)s1. The molecule has 25 heavy (non-hydrogen) atoms. The van der Waals surface area contributed by atoms with E-state index in [1.165, 1.54) is 24.3 Å². The molecule has 0 unspecified atom stereocenters. The third kappa shape index (κ3) is 5.40. The molecule has 0 aliphatic heterocycles. The molecule has 1 aromatic heterocycles. The fraction of sp³-hybridized carbons (Fsp3) is 0.294. The molecule has 0 fully saturated rings. The number of carbonyl (C=O) groups excluding carboxylic acids is 1. The molecule has 1 heterocycles. The normalized spacial score (nSPS) is 11.2. The van der Waals surface area contributed by atoms with Gasteiger partial charge in [0.1, 0.15) is 4.21 Å². The van der Waals surface area contributed by atoms with Crippen LogP contribution in [0.2, 0.25) is 0 Å². The Morgan fingerprint density at radius 2 is 1.72 bits per heavy atom. The molecule has 2 rings (SSSR count). The van der Waals surface area contributed by atoms with Crippen LogP contribution >= 0.6 is 11.3 Å². The van der Waals surface area contributed by atoms with Crippen molar-refractivity contribution in [2.75, 3.05) is 6.54 Å². The quantitative estimate of drug-likeness (QED) is 0.651. The lowest BCUT2D eigenvalue weighted by atomic mass is 10.2. The van der Waals surface area contributed by atoms with E-state index in [0.29, 0.717) is 30.7 Å². The maximum absolute atomic E-state index is 12.5. The first-order chi connectivity index (χ1) is 11.9. The highest BCUT2D eigenvalue weighted by Crippen LogP contribution is 2.27. The smallest absolute Gasteiger partial charge is 0.303 e. The first kappa shape index (κ1) is 19.1. The average molecular weight is 381 g/mol. The van der Waals surface area contributed by atoms with E-state index in [2.05, 4.69) is 5.32 Å². The van der Waals surface area contributed by atoms with E-state index in [1.807, 2.05) is 0 Å². The van der Waals surface area contributed by atoms with E-state index < -0.39 is 15.8 Å². The van der Waals surface area contributed by atoms with Gasteiger partial charge in [-0.25, -0.2) is 8.42 Å². The minimum Gasteiger partial charge on any atom is -0.481 e. The maximum atomic E-state index is 12.5. The summed E-state index contributed by atoms with van der Waals surface area (Å²) in [6.45, 7) is 0.428. The van der Waals surface area contributed by atoms with Gasteiger partial charge >= 0.3 is 5.97 Å². The summed E-state index contributed by atoms with van der Waals surface area (Å²) in [6.07, 6.45) is 2.09. The fourth-order valence-electron chi connectivity index (χ4n) is 2.17. The molecule has 0 spiro atoms. The first-order valence-electron chi connectivity index (χ1n) is 7.81. The van der Waals surface area contributed by atoms with E-state index in [-0.39, 0.29) is 21.4 Å². The second-order valence-corrected chi connectivity index (χ2v) is 8.66. The number of unbranched alkanes of at least 4 members (excludes halogenated alkanes) is 2. The molecule has 0 bridgehead atoms. The number of carboxylic acid groups (broad SMARTS) is 1. The Bertz CT molecular complexity index is 828. The molecule has 6 nitrogen and oxygen atoms in total. The molecular formula is C17H19NO5S2. The standard InChI is InChI=1S/C17H19NO5S2/c19-15(20)9-5-2-6-12-18-17(21)14-10-11-16(24-14)25(22,23)13-7-3-1-4-8-13/h1,3-4,7-8,10-11H,2,5-6,9,12H2,(H,18,21)(H,19,20). The zero-order chi connectivity index (χ0) is 18.3. The molecule has 1 amide bonds. The van der Waals surface area contributed by atoms with Gasteiger partial charge in [-0.15, -0.1) is 11.3 Å². The summed E-state index contributed by atoms with van der Waals surface area (Å²) in [6, 6.07) is 11.0. The number of hydrogen-bond donors (Lipinski definition) is 2. The van der Waals surface area contributed by atoms with Gasteiger partial charge in [0.25, 0.3) is 5.91 Å². The highest BCUT2D eigenvalue weighted by atomic mass is 32.2. The summed E-state index contributed by atoms with van der Waals surface area (Å²) in [7, 11) is -3.61. The summed E-state index contributed by atoms with van der Waals surface area (Å²) in [5.74, 6) is -1.15. The van der Waals surface area contributed by atoms with Crippen molar-refractivity contribution >= 4 is 33.1 Å². The maximum Gasteiger partial charge on any atom is 0.303 e. The summed E-state index contributed by atoms with van der Waals surface area (Å²) >= 11 is 0.937. The zero-order valence-corrected chi connectivity index (χ0v) is 15.1. The fourth-order valence-corrected chi connectivity index (χ4v) is 4.82. The number of rotatable bonds is 9. The molecule has 1 aromatic carbocycles. The second-order valence-electron chi connectivity index (χ2n) is 5.40. The third-order valence-electron chi connectivity index (χ3n) is 3.48. The van der Waals surface area contributed by atoms with Crippen LogP contribution < -0.4 is 5.32 Å². The van der Waals surface area contributed by atoms with Crippen LogP contribution in [0, 0.1) is 0 Å². The van der Waals surface area contributed by atoms with Crippen LogP contribution in [-0.4, -0.2) is 31.9 Å². The number of sulfone groups is 1. The predicted molar refractivity (Wildman–Crippen MR) is 94.6 cm³/mol. The molecule has 8 heteroatoms. The number of carbonyl (C=O) groups is 2. The van der Waals surface area contributed by atoms with Gasteiger partial charge in [-0.1, -0.05) is 24.6 Å². The van der Waals surface area contributed by atoms with Crippen LogP contribution in [0.15, 0.2) is 51.6 Å². The number of hydrogen-bond acceptors (Lipinski definition) is 5. The van der Waals surface area contributed by atoms with Crippen molar-refractivity contribution < 1.29 is 23.1 Å². The van der Waals surface area contributed by atoms with Crippen LogP contribution in [0.25, 0.3) is 0 Å². The molecule has 0 aliphatic carbocycles. The van der Waals surface area contributed by atoms with Crippen molar-refractivity contribution in [2.24, 2.45) is 0 Å². The van der Waals surface area contributed by atoms with Gasteiger partial charge in [0.15, 0.2) is 0 Å². The van der Waals surface area contributed by atoms with Crippen LogP contribution in [-0.2, 0) is 14.6 Å². The molecule has 2 N–H and O–H groups in total. The molecule has 0 aliphatic rings. The van der Waals surface area contributed by atoms with Gasteiger partial charge in [-0.2, -0.15) is 0 Å². The number of aliphatic carboxylic acids is 1. The number of benzene rings is 1. The Kier molecular flexibility index (Phi) is 6.72. The summed E-state index contributed by atoms with van der Waals surface area (Å²) in [4.78, 5) is 23.0. The summed E-state index contributed by atoms with van der Waals surface area (Å²) in [5, 5.41) is 11.3. The van der Waals surface area contributed by atoms with Gasteiger partial charge in [0.2, 0.25) is 9.84 Å². The Morgan fingerprint density at radius 3 is 2.40 bits per heavy atom. The van der Waals surface area contributed by atoms with Crippen molar-refractivity contribution in [3.8, 4) is 0 Å². The van der Waals surface area contributed by atoms with Gasteiger partial charge < -0.3 is 10.4 Å². The molecule has 0 radical (unpaired) electrons.